The van der Waals surface area contributed by atoms with E-state index in [-0.39, 0.29) is 11.6 Å². The van der Waals surface area contributed by atoms with Gasteiger partial charge in [0.05, 0.1) is 12.2 Å². The fraction of sp³-hybridized carbons (Fsp3) is 0.556. The first-order valence-electron chi connectivity index (χ1n) is 4.39. The summed E-state index contributed by atoms with van der Waals surface area (Å²) in [6.45, 7) is 4.12. The van der Waals surface area contributed by atoms with Gasteiger partial charge in [-0.2, -0.15) is 5.10 Å². The molecule has 1 heterocycles. The molecule has 0 N–H and O–H groups in total. The predicted octanol–water partition coefficient (Wildman–Crippen LogP) is 2.21. The molecule has 1 rings (SSSR count). The summed E-state index contributed by atoms with van der Waals surface area (Å²) in [6.07, 6.45) is 3.78. The molecule has 0 aliphatic rings. The summed E-state index contributed by atoms with van der Waals surface area (Å²) in [5.41, 5.74) is -0.00662. The Hall–Kier alpha value is -0.390. The minimum Gasteiger partial charge on any atom is -0.268 e. The molecule has 0 saturated carbocycles. The van der Waals surface area contributed by atoms with Gasteiger partial charge in [-0.1, -0.05) is 13.3 Å². The van der Waals surface area contributed by atoms with Crippen LogP contribution >= 0.6 is 22.6 Å². The Kier molecular flexibility index (Phi) is 3.90. The van der Waals surface area contributed by atoms with Crippen molar-refractivity contribution in [3.63, 3.8) is 0 Å². The van der Waals surface area contributed by atoms with Gasteiger partial charge in [-0.3, -0.25) is 4.79 Å². The quantitative estimate of drug-likeness (QED) is 0.801. The highest BCUT2D eigenvalue weighted by Crippen LogP contribution is 2.08. The topological polar surface area (TPSA) is 34.9 Å². The summed E-state index contributed by atoms with van der Waals surface area (Å²) >= 11 is 2.09. The van der Waals surface area contributed by atoms with Gasteiger partial charge in [0.2, 0.25) is 0 Å². The standard InChI is InChI=1S/C9H13IN2O/c1-3-4-7(2)12-9(13)5-8(10)6-11-12/h5-7H,3-4H2,1-2H3. The summed E-state index contributed by atoms with van der Waals surface area (Å²) in [6, 6.07) is 1.81. The lowest BCUT2D eigenvalue weighted by molar-refractivity contribution is 0.433. The van der Waals surface area contributed by atoms with E-state index in [0.717, 1.165) is 16.4 Å². The van der Waals surface area contributed by atoms with Crippen LogP contribution in [0.5, 0.6) is 0 Å². The van der Waals surface area contributed by atoms with E-state index in [2.05, 4.69) is 34.6 Å². The Balaban J connectivity index is 2.95. The van der Waals surface area contributed by atoms with Crippen molar-refractivity contribution in [2.45, 2.75) is 32.7 Å². The van der Waals surface area contributed by atoms with Crippen LogP contribution in [0.4, 0.5) is 0 Å². The molecule has 1 aromatic rings. The highest BCUT2D eigenvalue weighted by molar-refractivity contribution is 14.1. The van der Waals surface area contributed by atoms with E-state index in [1.165, 1.54) is 0 Å². The molecule has 0 saturated heterocycles. The molecule has 0 fully saturated rings. The molecule has 0 aliphatic carbocycles. The van der Waals surface area contributed by atoms with Crippen molar-refractivity contribution >= 4 is 22.6 Å². The van der Waals surface area contributed by atoms with Crippen molar-refractivity contribution in [1.29, 1.82) is 0 Å². The SMILES string of the molecule is CCCC(C)n1ncc(I)cc1=O. The first kappa shape index (κ1) is 10.7. The largest absolute Gasteiger partial charge is 0.268 e. The van der Waals surface area contributed by atoms with Gasteiger partial charge in [0.15, 0.2) is 0 Å². The fourth-order valence-corrected chi connectivity index (χ4v) is 1.66. The third-order valence-corrected chi connectivity index (χ3v) is 2.51. The Bertz CT molecular complexity index is 335. The van der Waals surface area contributed by atoms with Crippen LogP contribution in [0.2, 0.25) is 0 Å². The molecule has 0 amide bonds. The van der Waals surface area contributed by atoms with Crippen molar-refractivity contribution in [2.24, 2.45) is 0 Å². The van der Waals surface area contributed by atoms with Gasteiger partial charge in [-0.25, -0.2) is 4.68 Å². The van der Waals surface area contributed by atoms with E-state index in [4.69, 9.17) is 0 Å². The van der Waals surface area contributed by atoms with Crippen LogP contribution in [0.3, 0.4) is 0 Å². The molecule has 1 unspecified atom stereocenters. The second kappa shape index (κ2) is 4.74. The van der Waals surface area contributed by atoms with Gasteiger partial charge < -0.3 is 0 Å². The number of halogens is 1. The maximum atomic E-state index is 11.5. The molecular formula is C9H13IN2O. The molecule has 0 aliphatic heterocycles. The minimum absolute atomic E-state index is 0.00662. The van der Waals surface area contributed by atoms with E-state index in [9.17, 15) is 4.79 Å². The molecule has 72 valence electrons. The van der Waals surface area contributed by atoms with Crippen LogP contribution < -0.4 is 5.56 Å². The minimum atomic E-state index is -0.00662. The van der Waals surface area contributed by atoms with Crippen molar-refractivity contribution in [1.82, 2.24) is 9.78 Å². The van der Waals surface area contributed by atoms with Gasteiger partial charge in [0.25, 0.3) is 5.56 Å². The Labute approximate surface area is 91.3 Å². The van der Waals surface area contributed by atoms with Crippen LogP contribution in [-0.2, 0) is 0 Å². The van der Waals surface area contributed by atoms with Crippen molar-refractivity contribution in [3.8, 4) is 0 Å². The molecule has 0 bridgehead atoms. The zero-order valence-corrected chi connectivity index (χ0v) is 9.98. The second-order valence-electron chi connectivity index (χ2n) is 3.09. The van der Waals surface area contributed by atoms with Crippen LogP contribution in [0.25, 0.3) is 0 Å². The molecular weight excluding hydrogens is 279 g/mol. The zero-order valence-electron chi connectivity index (χ0n) is 7.83. The fourth-order valence-electron chi connectivity index (χ4n) is 1.27. The summed E-state index contributed by atoms with van der Waals surface area (Å²) in [5.74, 6) is 0. The first-order valence-corrected chi connectivity index (χ1v) is 5.47. The van der Waals surface area contributed by atoms with E-state index >= 15 is 0 Å². The maximum Gasteiger partial charge on any atom is 0.268 e. The highest BCUT2D eigenvalue weighted by atomic mass is 127. The molecule has 3 nitrogen and oxygen atoms in total. The Morgan fingerprint density at radius 2 is 2.38 bits per heavy atom. The lowest BCUT2D eigenvalue weighted by Gasteiger charge is -2.11. The second-order valence-corrected chi connectivity index (χ2v) is 4.34. The molecule has 0 radical (unpaired) electrons. The van der Waals surface area contributed by atoms with Gasteiger partial charge in [0.1, 0.15) is 0 Å². The predicted molar refractivity (Wildman–Crippen MR) is 60.8 cm³/mol. The van der Waals surface area contributed by atoms with Crippen molar-refractivity contribution in [3.05, 3.63) is 26.2 Å². The highest BCUT2D eigenvalue weighted by Gasteiger charge is 2.05. The molecule has 0 aromatic carbocycles. The summed E-state index contributed by atoms with van der Waals surface area (Å²) < 4.78 is 2.44. The lowest BCUT2D eigenvalue weighted by atomic mass is 10.2. The van der Waals surface area contributed by atoms with E-state index in [1.807, 2.05) is 6.92 Å². The average molecular weight is 292 g/mol. The summed E-state index contributed by atoms with van der Waals surface area (Å²) in [4.78, 5) is 11.5. The van der Waals surface area contributed by atoms with Gasteiger partial charge >= 0.3 is 0 Å². The third-order valence-electron chi connectivity index (χ3n) is 1.92. The number of hydrogen-bond donors (Lipinski definition) is 0. The average Bonchev–Trinajstić information content (AvgIpc) is 2.04. The Morgan fingerprint density at radius 1 is 1.69 bits per heavy atom. The molecule has 1 aromatic heterocycles. The van der Waals surface area contributed by atoms with Gasteiger partial charge in [0, 0.05) is 9.64 Å². The number of hydrogen-bond acceptors (Lipinski definition) is 2. The van der Waals surface area contributed by atoms with E-state index in [1.54, 1.807) is 16.9 Å². The third kappa shape index (κ3) is 2.79. The lowest BCUT2D eigenvalue weighted by Crippen LogP contribution is -2.25. The smallest absolute Gasteiger partial charge is 0.268 e. The van der Waals surface area contributed by atoms with Gasteiger partial charge in [-0.05, 0) is 35.9 Å². The van der Waals surface area contributed by atoms with Gasteiger partial charge in [-0.15, -0.1) is 0 Å². The normalized spacial score (nSPS) is 12.8. The molecule has 1 atom stereocenters. The van der Waals surface area contributed by atoms with Crippen LogP contribution in [0.1, 0.15) is 32.7 Å². The van der Waals surface area contributed by atoms with Crippen LogP contribution in [0.15, 0.2) is 17.1 Å². The van der Waals surface area contributed by atoms with E-state index in [0.29, 0.717) is 0 Å². The zero-order chi connectivity index (χ0) is 9.84. The van der Waals surface area contributed by atoms with Crippen molar-refractivity contribution in [2.75, 3.05) is 0 Å². The van der Waals surface area contributed by atoms with Crippen LogP contribution in [0, 0.1) is 3.57 Å². The molecule has 4 heteroatoms. The first-order chi connectivity index (χ1) is 6.15. The maximum absolute atomic E-state index is 11.5. The van der Waals surface area contributed by atoms with Crippen LogP contribution in [-0.4, -0.2) is 9.78 Å². The Morgan fingerprint density at radius 3 is 2.92 bits per heavy atom. The number of aromatic nitrogens is 2. The van der Waals surface area contributed by atoms with E-state index < -0.39 is 0 Å². The summed E-state index contributed by atoms with van der Waals surface area (Å²) in [7, 11) is 0. The number of nitrogens with zero attached hydrogens (tertiary/aromatic N) is 2. The number of rotatable bonds is 3. The van der Waals surface area contributed by atoms with Crippen molar-refractivity contribution < 1.29 is 0 Å². The molecule has 13 heavy (non-hydrogen) atoms. The molecule has 0 spiro atoms. The monoisotopic (exact) mass is 292 g/mol. The summed E-state index contributed by atoms with van der Waals surface area (Å²) in [5, 5.41) is 4.09.